The van der Waals surface area contributed by atoms with Crippen LogP contribution < -0.4 is 9.47 Å². The maximum Gasteiger partial charge on any atom is 0.144 e. The Bertz CT molecular complexity index is 687. The summed E-state index contributed by atoms with van der Waals surface area (Å²) in [4.78, 5) is 8.65. The van der Waals surface area contributed by atoms with E-state index in [1.807, 2.05) is 38.1 Å². The third kappa shape index (κ3) is 5.88. The van der Waals surface area contributed by atoms with Crippen LogP contribution >= 0.6 is 0 Å². The molecule has 0 bridgehead atoms. The Morgan fingerprint density at radius 3 is 2.67 bits per heavy atom. The third-order valence-electron chi connectivity index (χ3n) is 3.14. The van der Waals surface area contributed by atoms with Gasteiger partial charge in [-0.15, -0.1) is 0 Å². The van der Waals surface area contributed by atoms with Gasteiger partial charge in [-0.2, -0.15) is 0 Å². The molecule has 24 heavy (non-hydrogen) atoms. The molecule has 0 unspecified atom stereocenters. The molecule has 0 atom stereocenters. The van der Waals surface area contributed by atoms with Gasteiger partial charge >= 0.3 is 0 Å². The number of nitrogens with zero attached hydrogens (tertiary/aromatic N) is 2. The van der Waals surface area contributed by atoms with Gasteiger partial charge in [0.05, 0.1) is 24.3 Å². The summed E-state index contributed by atoms with van der Waals surface area (Å²) in [6.45, 7) is 6.67. The normalized spacial score (nSPS) is 10.6. The number of ether oxygens (including phenoxy) is 2. The lowest BCUT2D eigenvalue weighted by Crippen LogP contribution is -1.95. The van der Waals surface area contributed by atoms with Crippen molar-refractivity contribution in [3.05, 3.63) is 60.8 Å². The van der Waals surface area contributed by atoms with Crippen LogP contribution in [0.1, 0.15) is 33.6 Å². The van der Waals surface area contributed by atoms with E-state index in [0.29, 0.717) is 12.4 Å². The van der Waals surface area contributed by atoms with Crippen LogP contribution in [0.3, 0.4) is 0 Å². The van der Waals surface area contributed by atoms with E-state index in [2.05, 4.69) is 23.0 Å². The Hall–Kier alpha value is -2.62. The van der Waals surface area contributed by atoms with Crippen LogP contribution in [0, 0.1) is 0 Å². The van der Waals surface area contributed by atoms with Gasteiger partial charge in [-0.25, -0.2) is 0 Å². The highest BCUT2D eigenvalue weighted by Crippen LogP contribution is 2.22. The molecular weight excluding hydrogens is 300 g/mol. The van der Waals surface area contributed by atoms with E-state index in [1.54, 1.807) is 24.9 Å². The van der Waals surface area contributed by atoms with Gasteiger partial charge in [-0.05, 0) is 44.0 Å². The predicted octanol–water partition coefficient (Wildman–Crippen LogP) is 5.18. The van der Waals surface area contributed by atoms with Crippen LogP contribution in [0.25, 0.3) is 11.3 Å². The molecule has 0 saturated heterocycles. The molecule has 0 radical (unpaired) electrons. The zero-order chi connectivity index (χ0) is 17.2. The van der Waals surface area contributed by atoms with Gasteiger partial charge in [-0.1, -0.05) is 25.5 Å². The zero-order valence-corrected chi connectivity index (χ0v) is 14.5. The van der Waals surface area contributed by atoms with Crippen LogP contribution in [0.2, 0.25) is 0 Å². The number of hydrogen-bond donors (Lipinski definition) is 0. The van der Waals surface area contributed by atoms with Crippen molar-refractivity contribution in [2.45, 2.75) is 33.6 Å². The van der Waals surface area contributed by atoms with Crippen molar-refractivity contribution < 1.29 is 9.47 Å². The average Bonchev–Trinajstić information content (AvgIpc) is 2.60. The molecule has 0 fully saturated rings. The molecule has 2 rings (SSSR count). The quantitative estimate of drug-likeness (QED) is 0.495. The summed E-state index contributed by atoms with van der Waals surface area (Å²) in [5.41, 5.74) is 2.85. The molecule has 0 aliphatic heterocycles. The minimum absolute atomic E-state index is 0.550. The fraction of sp³-hybridized carbons (Fsp3) is 0.300. The highest BCUT2D eigenvalue weighted by Gasteiger charge is 2.03. The van der Waals surface area contributed by atoms with Crippen LogP contribution in [-0.2, 0) is 0 Å². The van der Waals surface area contributed by atoms with Gasteiger partial charge in [0.2, 0.25) is 0 Å². The molecule has 4 nitrogen and oxygen atoms in total. The molecule has 4 heteroatoms. The van der Waals surface area contributed by atoms with Crippen molar-refractivity contribution >= 4 is 0 Å². The summed E-state index contributed by atoms with van der Waals surface area (Å²) in [7, 11) is 0. The van der Waals surface area contributed by atoms with Crippen molar-refractivity contribution in [2.24, 2.45) is 0 Å². The lowest BCUT2D eigenvalue weighted by atomic mass is 10.2. The second kappa shape index (κ2) is 9.50. The molecule has 2 aromatic rings. The van der Waals surface area contributed by atoms with Gasteiger partial charge in [-0.3, -0.25) is 9.97 Å². The minimum Gasteiger partial charge on any atom is -0.488 e. The number of rotatable bonds is 8. The molecule has 126 valence electrons. The molecule has 2 heterocycles. The second-order valence-electron chi connectivity index (χ2n) is 5.67. The van der Waals surface area contributed by atoms with E-state index in [0.717, 1.165) is 35.4 Å². The fourth-order valence-corrected chi connectivity index (χ4v) is 1.94. The van der Waals surface area contributed by atoms with Gasteiger partial charge in [0.15, 0.2) is 0 Å². The summed E-state index contributed by atoms with van der Waals surface area (Å²) in [6.07, 6.45) is 13.3. The molecule has 0 amide bonds. The van der Waals surface area contributed by atoms with Crippen LogP contribution in [-0.4, -0.2) is 16.6 Å². The average molecular weight is 324 g/mol. The Morgan fingerprint density at radius 1 is 1.08 bits per heavy atom. The standard InChI is InChI=1S/C20H24N2O2/c1-4-5-6-7-10-23-19-11-17(12-21-13-19)20-9-8-18(14-22-20)24-15-16(2)3/h6-9,11-15H,4-5,10H2,1-3H3. The molecule has 0 N–H and O–H groups in total. The first-order valence-electron chi connectivity index (χ1n) is 8.18. The molecule has 0 saturated carbocycles. The first-order valence-corrected chi connectivity index (χ1v) is 8.18. The summed E-state index contributed by atoms with van der Waals surface area (Å²) >= 11 is 0. The Labute approximate surface area is 143 Å². The second-order valence-corrected chi connectivity index (χ2v) is 5.67. The summed E-state index contributed by atoms with van der Waals surface area (Å²) < 4.78 is 11.2. The van der Waals surface area contributed by atoms with Gasteiger partial charge in [0.1, 0.15) is 18.1 Å². The maximum absolute atomic E-state index is 5.69. The van der Waals surface area contributed by atoms with Crippen molar-refractivity contribution in [2.75, 3.05) is 6.61 Å². The monoisotopic (exact) mass is 324 g/mol. The van der Waals surface area contributed by atoms with E-state index in [9.17, 15) is 0 Å². The Balaban J connectivity index is 2.01. The molecule has 0 aromatic carbocycles. The summed E-state index contributed by atoms with van der Waals surface area (Å²) in [5.74, 6) is 1.45. The number of pyridine rings is 2. The van der Waals surface area contributed by atoms with Crippen molar-refractivity contribution in [1.82, 2.24) is 9.97 Å². The largest absolute Gasteiger partial charge is 0.488 e. The molecule has 2 aromatic heterocycles. The first kappa shape index (κ1) is 17.7. The first-order chi connectivity index (χ1) is 11.7. The van der Waals surface area contributed by atoms with Gasteiger partial charge in [0, 0.05) is 11.8 Å². The molecule has 0 spiro atoms. The van der Waals surface area contributed by atoms with Crippen LogP contribution in [0.4, 0.5) is 0 Å². The number of unbranched alkanes of at least 4 members (excludes halogenated alkanes) is 1. The van der Waals surface area contributed by atoms with Gasteiger partial charge in [0.25, 0.3) is 0 Å². The molecular formula is C20H24N2O2. The van der Waals surface area contributed by atoms with E-state index in [1.165, 1.54) is 0 Å². The van der Waals surface area contributed by atoms with Gasteiger partial charge < -0.3 is 9.47 Å². The van der Waals surface area contributed by atoms with Crippen LogP contribution in [0.5, 0.6) is 11.5 Å². The van der Waals surface area contributed by atoms with E-state index < -0.39 is 0 Å². The fourth-order valence-electron chi connectivity index (χ4n) is 1.94. The summed E-state index contributed by atoms with van der Waals surface area (Å²) in [5, 5.41) is 0. The molecule has 0 aliphatic carbocycles. The Morgan fingerprint density at radius 2 is 1.96 bits per heavy atom. The minimum atomic E-state index is 0.550. The van der Waals surface area contributed by atoms with Crippen LogP contribution in [0.15, 0.2) is 60.8 Å². The van der Waals surface area contributed by atoms with Crippen molar-refractivity contribution in [3.8, 4) is 22.8 Å². The van der Waals surface area contributed by atoms with E-state index >= 15 is 0 Å². The topological polar surface area (TPSA) is 44.2 Å². The van der Waals surface area contributed by atoms with E-state index in [-0.39, 0.29) is 0 Å². The highest BCUT2D eigenvalue weighted by atomic mass is 16.5. The van der Waals surface area contributed by atoms with Crippen molar-refractivity contribution in [1.29, 1.82) is 0 Å². The lowest BCUT2D eigenvalue weighted by Gasteiger charge is -2.06. The number of allylic oxidation sites excluding steroid dienone is 2. The lowest BCUT2D eigenvalue weighted by molar-refractivity contribution is 0.361. The van der Waals surface area contributed by atoms with E-state index in [4.69, 9.17) is 9.47 Å². The SMILES string of the molecule is CCCC=CCOc1cncc(-c2ccc(OC=C(C)C)cn2)c1. The predicted molar refractivity (Wildman–Crippen MR) is 97.1 cm³/mol. The Kier molecular flexibility index (Phi) is 7.02. The highest BCUT2D eigenvalue weighted by molar-refractivity contribution is 5.60. The number of aromatic nitrogens is 2. The number of hydrogen-bond acceptors (Lipinski definition) is 4. The van der Waals surface area contributed by atoms with Crippen molar-refractivity contribution in [3.63, 3.8) is 0 Å². The third-order valence-corrected chi connectivity index (χ3v) is 3.14. The molecule has 0 aliphatic rings. The smallest absolute Gasteiger partial charge is 0.144 e. The summed E-state index contributed by atoms with van der Waals surface area (Å²) in [6, 6.07) is 5.75. The zero-order valence-electron chi connectivity index (χ0n) is 14.5. The maximum atomic E-state index is 5.69.